The van der Waals surface area contributed by atoms with E-state index in [4.69, 9.17) is 5.26 Å². The van der Waals surface area contributed by atoms with Crippen molar-refractivity contribution in [2.75, 3.05) is 0 Å². The van der Waals surface area contributed by atoms with E-state index in [0.717, 1.165) is 5.56 Å². The third-order valence-corrected chi connectivity index (χ3v) is 1.93. The first-order valence-electron chi connectivity index (χ1n) is 3.88. The summed E-state index contributed by atoms with van der Waals surface area (Å²) in [6.07, 6.45) is -0.910. The van der Waals surface area contributed by atoms with E-state index in [2.05, 4.69) is 0 Å². The standard InChI is InChI=1S/C10H11NO/c1-8(10(12)7-11)9-5-3-2-4-6-9/h2-6,8,10,12H,1H3/t8-,10-/m1/s1. The van der Waals surface area contributed by atoms with E-state index in [0.29, 0.717) is 0 Å². The highest BCUT2D eigenvalue weighted by Gasteiger charge is 2.14. The van der Waals surface area contributed by atoms with E-state index in [1.54, 1.807) is 0 Å². The Morgan fingerprint density at radius 3 is 2.42 bits per heavy atom. The molecule has 0 aliphatic rings. The van der Waals surface area contributed by atoms with Crippen LogP contribution in [0.1, 0.15) is 18.4 Å². The average molecular weight is 161 g/mol. The summed E-state index contributed by atoms with van der Waals surface area (Å²) in [4.78, 5) is 0. The maximum atomic E-state index is 9.22. The molecule has 0 amide bonds. The van der Waals surface area contributed by atoms with Gasteiger partial charge in [-0.3, -0.25) is 0 Å². The van der Waals surface area contributed by atoms with Gasteiger partial charge in [-0.25, -0.2) is 0 Å². The second-order valence-electron chi connectivity index (χ2n) is 2.77. The minimum Gasteiger partial charge on any atom is -0.378 e. The van der Waals surface area contributed by atoms with Crippen molar-refractivity contribution in [2.45, 2.75) is 18.9 Å². The predicted molar refractivity (Wildman–Crippen MR) is 46.5 cm³/mol. The highest BCUT2D eigenvalue weighted by atomic mass is 16.3. The smallest absolute Gasteiger partial charge is 0.147 e. The first kappa shape index (κ1) is 8.76. The van der Waals surface area contributed by atoms with Gasteiger partial charge < -0.3 is 5.11 Å². The molecule has 0 aromatic heterocycles. The maximum absolute atomic E-state index is 9.22. The molecule has 0 heterocycles. The summed E-state index contributed by atoms with van der Waals surface area (Å²) in [5.74, 6) is -0.115. The van der Waals surface area contributed by atoms with Crippen molar-refractivity contribution in [1.29, 1.82) is 5.26 Å². The van der Waals surface area contributed by atoms with E-state index >= 15 is 0 Å². The van der Waals surface area contributed by atoms with Gasteiger partial charge in [0.1, 0.15) is 6.10 Å². The fourth-order valence-corrected chi connectivity index (χ4v) is 1.05. The molecule has 0 unspecified atom stereocenters. The minimum absolute atomic E-state index is 0.115. The Morgan fingerprint density at radius 1 is 1.33 bits per heavy atom. The Morgan fingerprint density at radius 2 is 1.92 bits per heavy atom. The lowest BCUT2D eigenvalue weighted by Gasteiger charge is -2.11. The second-order valence-corrected chi connectivity index (χ2v) is 2.77. The van der Waals surface area contributed by atoms with Crippen molar-refractivity contribution in [3.63, 3.8) is 0 Å². The number of nitrogens with zero attached hydrogens (tertiary/aromatic N) is 1. The van der Waals surface area contributed by atoms with Crippen LogP contribution in [0.2, 0.25) is 0 Å². The average Bonchev–Trinajstić information content (AvgIpc) is 2.17. The first-order valence-corrected chi connectivity index (χ1v) is 3.88. The molecule has 62 valence electrons. The zero-order chi connectivity index (χ0) is 8.97. The van der Waals surface area contributed by atoms with Crippen LogP contribution in [0.4, 0.5) is 0 Å². The van der Waals surface area contributed by atoms with E-state index in [9.17, 15) is 5.11 Å². The van der Waals surface area contributed by atoms with Gasteiger partial charge in [0, 0.05) is 5.92 Å². The lowest BCUT2D eigenvalue weighted by atomic mass is 9.96. The molecule has 0 radical (unpaired) electrons. The molecule has 0 saturated heterocycles. The molecule has 12 heavy (non-hydrogen) atoms. The molecule has 0 fully saturated rings. The number of rotatable bonds is 2. The number of aliphatic hydroxyl groups excluding tert-OH is 1. The summed E-state index contributed by atoms with van der Waals surface area (Å²) in [5.41, 5.74) is 0.992. The van der Waals surface area contributed by atoms with Gasteiger partial charge in [0.05, 0.1) is 6.07 Å². The predicted octanol–water partition coefficient (Wildman–Crippen LogP) is 1.67. The van der Waals surface area contributed by atoms with Gasteiger partial charge in [0.2, 0.25) is 0 Å². The van der Waals surface area contributed by atoms with Gasteiger partial charge in [-0.15, -0.1) is 0 Å². The maximum Gasteiger partial charge on any atom is 0.147 e. The molecule has 0 saturated carbocycles. The summed E-state index contributed by atoms with van der Waals surface area (Å²) in [5, 5.41) is 17.7. The van der Waals surface area contributed by atoms with Crippen LogP contribution in [0.25, 0.3) is 0 Å². The van der Waals surface area contributed by atoms with Crippen molar-refractivity contribution < 1.29 is 5.11 Å². The minimum atomic E-state index is -0.910. The quantitative estimate of drug-likeness (QED) is 0.670. The number of hydrogen-bond acceptors (Lipinski definition) is 2. The normalized spacial score (nSPS) is 14.8. The van der Waals surface area contributed by atoms with Gasteiger partial charge in [0.25, 0.3) is 0 Å². The molecule has 0 aliphatic carbocycles. The van der Waals surface area contributed by atoms with Gasteiger partial charge >= 0.3 is 0 Å². The topological polar surface area (TPSA) is 44.0 Å². The highest BCUT2D eigenvalue weighted by molar-refractivity contribution is 5.21. The molecule has 2 atom stereocenters. The zero-order valence-corrected chi connectivity index (χ0v) is 6.94. The van der Waals surface area contributed by atoms with E-state index in [1.807, 2.05) is 43.3 Å². The monoisotopic (exact) mass is 161 g/mol. The molecular weight excluding hydrogens is 150 g/mol. The number of aliphatic hydroxyl groups is 1. The third-order valence-electron chi connectivity index (χ3n) is 1.93. The Bertz CT molecular complexity index is 276. The van der Waals surface area contributed by atoms with Crippen LogP contribution in [0.3, 0.4) is 0 Å². The Balaban J connectivity index is 2.80. The van der Waals surface area contributed by atoms with Crippen molar-refractivity contribution in [1.82, 2.24) is 0 Å². The zero-order valence-electron chi connectivity index (χ0n) is 6.94. The Kier molecular flexibility index (Phi) is 2.84. The molecule has 2 nitrogen and oxygen atoms in total. The van der Waals surface area contributed by atoms with Crippen LogP contribution < -0.4 is 0 Å². The fraction of sp³-hybridized carbons (Fsp3) is 0.300. The fourth-order valence-electron chi connectivity index (χ4n) is 1.05. The van der Waals surface area contributed by atoms with Crippen LogP contribution in [0, 0.1) is 11.3 Å². The van der Waals surface area contributed by atoms with E-state index in [-0.39, 0.29) is 5.92 Å². The van der Waals surface area contributed by atoms with Crippen molar-refractivity contribution in [3.05, 3.63) is 35.9 Å². The van der Waals surface area contributed by atoms with Crippen LogP contribution in [0.5, 0.6) is 0 Å². The molecule has 1 aromatic carbocycles. The Labute approximate surface area is 72.1 Å². The molecular formula is C10H11NO. The number of hydrogen-bond donors (Lipinski definition) is 1. The highest BCUT2D eigenvalue weighted by Crippen LogP contribution is 2.17. The van der Waals surface area contributed by atoms with E-state index in [1.165, 1.54) is 0 Å². The van der Waals surface area contributed by atoms with Gasteiger partial charge in [-0.05, 0) is 5.56 Å². The van der Waals surface area contributed by atoms with E-state index < -0.39 is 6.10 Å². The summed E-state index contributed by atoms with van der Waals surface area (Å²) >= 11 is 0. The van der Waals surface area contributed by atoms with Crippen LogP contribution in [-0.2, 0) is 0 Å². The van der Waals surface area contributed by atoms with Crippen molar-refractivity contribution >= 4 is 0 Å². The molecule has 1 N–H and O–H groups in total. The molecule has 0 spiro atoms. The molecule has 0 bridgehead atoms. The van der Waals surface area contributed by atoms with Gasteiger partial charge in [-0.2, -0.15) is 5.26 Å². The molecule has 0 aliphatic heterocycles. The van der Waals surface area contributed by atoms with Crippen LogP contribution in [-0.4, -0.2) is 11.2 Å². The first-order chi connectivity index (χ1) is 5.75. The largest absolute Gasteiger partial charge is 0.378 e. The second kappa shape index (κ2) is 3.89. The lowest BCUT2D eigenvalue weighted by molar-refractivity contribution is 0.204. The summed E-state index contributed by atoms with van der Waals surface area (Å²) in [6, 6.07) is 11.3. The van der Waals surface area contributed by atoms with Crippen LogP contribution >= 0.6 is 0 Å². The number of nitriles is 1. The molecule has 2 heteroatoms. The molecule has 1 aromatic rings. The van der Waals surface area contributed by atoms with Gasteiger partial charge in [0.15, 0.2) is 0 Å². The summed E-state index contributed by atoms with van der Waals surface area (Å²) in [6.45, 7) is 1.84. The van der Waals surface area contributed by atoms with Crippen LogP contribution in [0.15, 0.2) is 30.3 Å². The molecule has 1 rings (SSSR count). The summed E-state index contributed by atoms with van der Waals surface area (Å²) in [7, 11) is 0. The summed E-state index contributed by atoms with van der Waals surface area (Å²) < 4.78 is 0. The van der Waals surface area contributed by atoms with Crippen molar-refractivity contribution in [2.24, 2.45) is 0 Å². The SMILES string of the molecule is C[C@H](c1ccccc1)[C@H](O)C#N. The lowest BCUT2D eigenvalue weighted by Crippen LogP contribution is -2.12. The Hall–Kier alpha value is -1.33. The van der Waals surface area contributed by atoms with Gasteiger partial charge in [-0.1, -0.05) is 37.3 Å². The third kappa shape index (κ3) is 1.84. The number of benzene rings is 1. The van der Waals surface area contributed by atoms with Crippen molar-refractivity contribution in [3.8, 4) is 6.07 Å².